The monoisotopic (exact) mass is 1020 g/mol. The molecule has 2 heterocycles. The Labute approximate surface area is 437 Å². The van der Waals surface area contributed by atoms with Crippen LogP contribution in [0.3, 0.4) is 0 Å². The molecular formula is C61H62O14. The van der Waals surface area contributed by atoms with E-state index in [1.54, 1.807) is 61.5 Å². The van der Waals surface area contributed by atoms with Gasteiger partial charge in [-0.1, -0.05) is 164 Å². The molecule has 0 aromatic heterocycles. The maximum Gasteiger partial charge on any atom is 0.338 e. The van der Waals surface area contributed by atoms with Crippen molar-refractivity contribution in [1.82, 2.24) is 0 Å². The molecule has 2 aliphatic rings. The van der Waals surface area contributed by atoms with Gasteiger partial charge in [0.25, 0.3) is 0 Å². The van der Waals surface area contributed by atoms with Crippen molar-refractivity contribution in [3.63, 3.8) is 0 Å². The van der Waals surface area contributed by atoms with E-state index in [0.717, 1.165) is 22.3 Å². The zero-order valence-electron chi connectivity index (χ0n) is 42.0. The fourth-order valence-corrected chi connectivity index (χ4v) is 8.70. The van der Waals surface area contributed by atoms with Crippen molar-refractivity contribution in [1.29, 1.82) is 0 Å². The SMILES string of the molecule is C=C1[C@H](OC(=O)CCC(C)=O)[C@@H](O[C@@H]2[C@@H](OCc3ccccc3)[C@H](C)O[C@@H](OCc3ccccc3C(=O)OCc3ccccc3)[C@@H]2OC(=O)c2ccccc2)O[C@H](COCc2ccccc2)[C@H]1OCc1ccccc1. The Bertz CT molecular complexity index is 2760. The minimum atomic E-state index is -1.46. The molecule has 2 fully saturated rings. The second kappa shape index (κ2) is 27.4. The summed E-state index contributed by atoms with van der Waals surface area (Å²) >= 11 is 0. The summed E-state index contributed by atoms with van der Waals surface area (Å²) in [5.74, 6) is -2.20. The Morgan fingerprint density at radius 2 is 1.05 bits per heavy atom. The minimum absolute atomic E-state index is 0.0122. The van der Waals surface area contributed by atoms with Gasteiger partial charge in [0.05, 0.1) is 56.7 Å². The van der Waals surface area contributed by atoms with Gasteiger partial charge in [-0.2, -0.15) is 0 Å². The molecule has 0 unspecified atom stereocenters. The highest BCUT2D eigenvalue weighted by Crippen LogP contribution is 2.37. The van der Waals surface area contributed by atoms with Crippen molar-refractivity contribution in [2.24, 2.45) is 0 Å². The normalized spacial score (nSPS) is 22.4. The van der Waals surface area contributed by atoms with E-state index >= 15 is 0 Å². The molecule has 0 spiro atoms. The van der Waals surface area contributed by atoms with Gasteiger partial charge in [0, 0.05) is 6.42 Å². The molecular weight excluding hydrogens is 957 g/mol. The average Bonchev–Trinajstić information content (AvgIpc) is 3.44. The number of ether oxygens (including phenoxy) is 10. The van der Waals surface area contributed by atoms with E-state index < -0.39 is 73.2 Å². The van der Waals surface area contributed by atoms with Crippen LogP contribution in [0.4, 0.5) is 0 Å². The van der Waals surface area contributed by atoms with E-state index in [1.165, 1.54) is 6.92 Å². The highest BCUT2D eigenvalue weighted by atomic mass is 16.8. The Morgan fingerprint density at radius 1 is 0.507 bits per heavy atom. The van der Waals surface area contributed by atoms with Crippen LogP contribution in [-0.2, 0) is 90.0 Å². The summed E-state index contributed by atoms with van der Waals surface area (Å²) in [7, 11) is 0. The van der Waals surface area contributed by atoms with Crippen molar-refractivity contribution in [2.45, 2.75) is 115 Å². The van der Waals surface area contributed by atoms with Crippen LogP contribution in [0, 0.1) is 0 Å². The number of esters is 3. The molecule has 2 aliphatic heterocycles. The lowest BCUT2D eigenvalue weighted by molar-refractivity contribution is -0.348. The van der Waals surface area contributed by atoms with Gasteiger partial charge in [0.15, 0.2) is 24.8 Å². The summed E-state index contributed by atoms with van der Waals surface area (Å²) in [6, 6.07) is 53.3. The number of carbonyl (C=O) groups is 4. The van der Waals surface area contributed by atoms with Gasteiger partial charge in [-0.25, -0.2) is 9.59 Å². The van der Waals surface area contributed by atoms with Crippen LogP contribution in [0.25, 0.3) is 0 Å². The van der Waals surface area contributed by atoms with E-state index in [0.29, 0.717) is 11.1 Å². The Morgan fingerprint density at radius 3 is 1.67 bits per heavy atom. The summed E-state index contributed by atoms with van der Waals surface area (Å²) in [5.41, 5.74) is 4.73. The number of ketones is 1. The molecule has 2 saturated heterocycles. The predicted molar refractivity (Wildman–Crippen MR) is 275 cm³/mol. The fraction of sp³-hybridized carbons (Fsp3) is 0.311. The maximum atomic E-state index is 14.3. The molecule has 0 saturated carbocycles. The molecule has 8 rings (SSSR count). The zero-order valence-corrected chi connectivity index (χ0v) is 42.0. The van der Waals surface area contributed by atoms with Crippen molar-refractivity contribution in [3.05, 3.63) is 227 Å². The molecule has 0 N–H and O–H groups in total. The van der Waals surface area contributed by atoms with E-state index in [-0.39, 0.29) is 69.4 Å². The lowest BCUT2D eigenvalue weighted by Gasteiger charge is -2.48. The van der Waals surface area contributed by atoms with Gasteiger partial charge in [-0.15, -0.1) is 0 Å². The lowest BCUT2D eigenvalue weighted by Crippen LogP contribution is -2.63. The van der Waals surface area contributed by atoms with Crippen LogP contribution in [0.5, 0.6) is 0 Å². The quantitative estimate of drug-likeness (QED) is 0.0320. The number of carbonyl (C=O) groups excluding carboxylic acids is 4. The standard InChI is InChI=1S/C61H62O14/c1-41(62)33-34-52(63)73-54-42(2)53(67-36-45-23-11-5-12-24-45)51(40-66-35-44-21-9-4-10-22-44)72-61(54)75-56-55(68-37-46-25-13-6-14-26-46)43(3)71-60(57(56)74-58(64)48-29-17-8-18-30-48)70-39-49-31-19-20-32-50(49)59(65)69-38-47-27-15-7-16-28-47/h4-32,43,51,53-57,60-61H,2,33-40H2,1,3H3/t43-,51+,53-,54-,55-,56+,57+,60+,61+/m0/s1. The maximum absolute atomic E-state index is 14.3. The number of hydrogen-bond acceptors (Lipinski definition) is 14. The van der Waals surface area contributed by atoms with E-state index in [9.17, 15) is 19.2 Å². The first-order valence-electron chi connectivity index (χ1n) is 25.0. The van der Waals surface area contributed by atoms with E-state index in [2.05, 4.69) is 6.58 Å². The Hall–Kier alpha value is -7.14. The van der Waals surface area contributed by atoms with Crippen LogP contribution in [0.1, 0.15) is 75.2 Å². The molecule has 14 heteroatoms. The summed E-state index contributed by atoms with van der Waals surface area (Å²) < 4.78 is 65.1. The molecule has 0 amide bonds. The van der Waals surface area contributed by atoms with Crippen LogP contribution >= 0.6 is 0 Å². The molecule has 390 valence electrons. The third-order valence-corrected chi connectivity index (χ3v) is 12.6. The highest BCUT2D eigenvalue weighted by Gasteiger charge is 2.53. The largest absolute Gasteiger partial charge is 0.457 e. The molecule has 0 radical (unpaired) electrons. The first-order valence-corrected chi connectivity index (χ1v) is 25.0. The fourth-order valence-electron chi connectivity index (χ4n) is 8.70. The minimum Gasteiger partial charge on any atom is -0.457 e. The third kappa shape index (κ3) is 15.5. The van der Waals surface area contributed by atoms with Gasteiger partial charge >= 0.3 is 17.9 Å². The third-order valence-electron chi connectivity index (χ3n) is 12.6. The highest BCUT2D eigenvalue weighted by molar-refractivity contribution is 5.91. The number of rotatable bonds is 24. The Kier molecular flexibility index (Phi) is 19.8. The second-order valence-corrected chi connectivity index (χ2v) is 18.3. The topological polar surface area (TPSA) is 161 Å². The smallest absolute Gasteiger partial charge is 0.338 e. The van der Waals surface area contributed by atoms with E-state index in [4.69, 9.17) is 47.4 Å². The van der Waals surface area contributed by atoms with Gasteiger partial charge < -0.3 is 52.2 Å². The molecule has 14 nitrogen and oxygen atoms in total. The molecule has 6 aromatic carbocycles. The zero-order chi connectivity index (χ0) is 52.4. The number of benzene rings is 6. The van der Waals surface area contributed by atoms with Crippen LogP contribution < -0.4 is 0 Å². The van der Waals surface area contributed by atoms with Gasteiger partial charge in [0.2, 0.25) is 0 Å². The van der Waals surface area contributed by atoms with Crippen LogP contribution in [0.15, 0.2) is 188 Å². The first kappa shape index (κ1) is 54.1. The molecule has 0 bridgehead atoms. The van der Waals surface area contributed by atoms with Gasteiger partial charge in [0.1, 0.15) is 36.8 Å². The van der Waals surface area contributed by atoms with Crippen molar-refractivity contribution < 1.29 is 66.5 Å². The van der Waals surface area contributed by atoms with Gasteiger partial charge in [-0.3, -0.25) is 4.79 Å². The average molecular weight is 1020 g/mol. The summed E-state index contributed by atoms with van der Waals surface area (Å²) in [6.45, 7) is 7.96. The van der Waals surface area contributed by atoms with Crippen LogP contribution in [-0.4, -0.2) is 85.6 Å². The predicted octanol–water partition coefficient (Wildman–Crippen LogP) is 9.87. The summed E-state index contributed by atoms with van der Waals surface area (Å²) in [6.07, 6.45) is -10.7. The molecule has 75 heavy (non-hydrogen) atoms. The molecule has 0 aliphatic carbocycles. The summed E-state index contributed by atoms with van der Waals surface area (Å²) in [4.78, 5) is 53.8. The van der Waals surface area contributed by atoms with Crippen molar-refractivity contribution in [2.75, 3.05) is 6.61 Å². The molecule has 9 atom stereocenters. The van der Waals surface area contributed by atoms with Crippen molar-refractivity contribution in [3.8, 4) is 0 Å². The van der Waals surface area contributed by atoms with E-state index in [1.807, 2.05) is 121 Å². The van der Waals surface area contributed by atoms with Crippen molar-refractivity contribution >= 4 is 23.7 Å². The van der Waals surface area contributed by atoms with Gasteiger partial charge in [-0.05, 0) is 65.4 Å². The first-order chi connectivity index (χ1) is 36.6. The summed E-state index contributed by atoms with van der Waals surface area (Å²) in [5, 5.41) is 0. The number of Topliss-reactive ketones (excluding diaryl/α,β-unsaturated/α-hetero) is 1. The van der Waals surface area contributed by atoms with Crippen LogP contribution in [0.2, 0.25) is 0 Å². The Balaban J connectivity index is 1.15. The molecule has 6 aromatic rings. The lowest BCUT2D eigenvalue weighted by atomic mass is 9.95. The number of hydrogen-bond donors (Lipinski definition) is 0. The second-order valence-electron chi connectivity index (χ2n) is 18.3.